The maximum atomic E-state index is 12.8. The van der Waals surface area contributed by atoms with Crippen molar-refractivity contribution in [3.8, 4) is 5.75 Å². The molecule has 2 aliphatic heterocycles. The van der Waals surface area contributed by atoms with Gasteiger partial charge in [0.2, 0.25) is 0 Å². The van der Waals surface area contributed by atoms with E-state index in [-0.39, 0.29) is 17.1 Å². The number of carbonyl (C=O) groups excluding carboxylic acids is 1. The van der Waals surface area contributed by atoms with Crippen LogP contribution in [0, 0.1) is 5.41 Å². The van der Waals surface area contributed by atoms with E-state index in [0.717, 1.165) is 52.2 Å². The fourth-order valence-corrected chi connectivity index (χ4v) is 3.92. The third-order valence-electron chi connectivity index (χ3n) is 5.24. The quantitative estimate of drug-likeness (QED) is 0.903. The van der Waals surface area contributed by atoms with Gasteiger partial charge in [-0.2, -0.15) is 0 Å². The highest BCUT2D eigenvalue weighted by atomic mass is 16.5. The molecule has 1 amide bonds. The van der Waals surface area contributed by atoms with Crippen molar-refractivity contribution >= 4 is 5.91 Å². The molecule has 1 atom stereocenters. The smallest absolute Gasteiger partial charge is 0.254 e. The number of hydrogen-bond acceptors (Lipinski definition) is 4. The third-order valence-corrected chi connectivity index (χ3v) is 5.24. The Hall–Kier alpha value is -1.59. The highest BCUT2D eigenvalue weighted by Gasteiger charge is 2.40. The van der Waals surface area contributed by atoms with E-state index in [4.69, 9.17) is 4.74 Å². The molecule has 3 rings (SSSR count). The molecule has 24 heavy (non-hydrogen) atoms. The topological polar surface area (TPSA) is 53.0 Å². The Kier molecular flexibility index (Phi) is 5.11. The molecule has 0 saturated carbocycles. The summed E-state index contributed by atoms with van der Waals surface area (Å²) in [5.41, 5.74) is 0.577. The summed E-state index contributed by atoms with van der Waals surface area (Å²) in [6.07, 6.45) is 2.10. The fraction of sp³-hybridized carbons (Fsp3) is 0.632. The molecule has 1 aromatic rings. The molecule has 5 heteroatoms. The molecule has 2 saturated heterocycles. The lowest BCUT2D eigenvalue weighted by atomic mass is 9.79. The predicted octanol–water partition coefficient (Wildman–Crippen LogP) is 2.36. The van der Waals surface area contributed by atoms with Crippen molar-refractivity contribution in [3.05, 3.63) is 29.8 Å². The summed E-state index contributed by atoms with van der Waals surface area (Å²) in [5.74, 6) is 0.140. The Morgan fingerprint density at radius 3 is 2.88 bits per heavy atom. The van der Waals surface area contributed by atoms with Crippen LogP contribution >= 0.6 is 0 Å². The molecular formula is C19H28N2O3. The Morgan fingerprint density at radius 2 is 2.12 bits per heavy atom. The van der Waals surface area contributed by atoms with Crippen molar-refractivity contribution in [2.75, 3.05) is 39.4 Å². The van der Waals surface area contributed by atoms with Crippen LogP contribution in [-0.4, -0.2) is 66.2 Å². The summed E-state index contributed by atoms with van der Waals surface area (Å²) in [6.45, 7) is 9.37. The Balaban J connectivity index is 1.76. The number of rotatable bonds is 2. The van der Waals surface area contributed by atoms with Crippen molar-refractivity contribution in [1.29, 1.82) is 0 Å². The molecule has 2 heterocycles. The molecule has 1 spiro atoms. The van der Waals surface area contributed by atoms with Crippen LogP contribution in [-0.2, 0) is 4.74 Å². The predicted molar refractivity (Wildman–Crippen MR) is 93.2 cm³/mol. The highest BCUT2D eigenvalue weighted by Crippen LogP contribution is 2.34. The summed E-state index contributed by atoms with van der Waals surface area (Å²) < 4.78 is 5.90. The van der Waals surface area contributed by atoms with Crippen molar-refractivity contribution < 1.29 is 14.6 Å². The molecule has 5 nitrogen and oxygen atoms in total. The van der Waals surface area contributed by atoms with Crippen LogP contribution in [0.4, 0.5) is 0 Å². The molecule has 132 valence electrons. The maximum absolute atomic E-state index is 12.8. The van der Waals surface area contributed by atoms with Gasteiger partial charge in [0.15, 0.2) is 0 Å². The van der Waals surface area contributed by atoms with Crippen molar-refractivity contribution in [1.82, 2.24) is 9.80 Å². The Morgan fingerprint density at radius 1 is 1.29 bits per heavy atom. The number of nitrogens with zero attached hydrogens (tertiary/aromatic N) is 2. The molecule has 0 unspecified atom stereocenters. The van der Waals surface area contributed by atoms with Crippen molar-refractivity contribution in [2.45, 2.75) is 32.7 Å². The van der Waals surface area contributed by atoms with Gasteiger partial charge in [-0.25, -0.2) is 0 Å². The van der Waals surface area contributed by atoms with E-state index < -0.39 is 0 Å². The molecule has 2 aliphatic rings. The first-order chi connectivity index (χ1) is 11.5. The molecule has 0 aliphatic carbocycles. The highest BCUT2D eigenvalue weighted by molar-refractivity contribution is 5.94. The van der Waals surface area contributed by atoms with E-state index in [0.29, 0.717) is 11.6 Å². The minimum absolute atomic E-state index is 0.00492. The number of hydrogen-bond donors (Lipinski definition) is 1. The fourth-order valence-electron chi connectivity index (χ4n) is 3.92. The second-order valence-corrected chi connectivity index (χ2v) is 7.50. The van der Waals surface area contributed by atoms with E-state index in [1.54, 1.807) is 24.3 Å². The van der Waals surface area contributed by atoms with E-state index >= 15 is 0 Å². The molecule has 0 aromatic heterocycles. The average molecular weight is 332 g/mol. The van der Waals surface area contributed by atoms with Crippen LogP contribution in [0.15, 0.2) is 24.3 Å². The van der Waals surface area contributed by atoms with Gasteiger partial charge in [0.05, 0.1) is 13.2 Å². The molecule has 2 fully saturated rings. The summed E-state index contributed by atoms with van der Waals surface area (Å²) in [7, 11) is 0. The SMILES string of the molecule is CC(C)N1CCOC[C@@]2(CCCN(C(=O)c3cccc(O)c3)C2)C1. The van der Waals surface area contributed by atoms with Crippen molar-refractivity contribution in [2.24, 2.45) is 5.41 Å². The average Bonchev–Trinajstić information content (AvgIpc) is 2.77. The second-order valence-electron chi connectivity index (χ2n) is 7.50. The van der Waals surface area contributed by atoms with Gasteiger partial charge in [-0.05, 0) is 44.9 Å². The van der Waals surface area contributed by atoms with Crippen LogP contribution in [0.1, 0.15) is 37.0 Å². The number of ether oxygens (including phenoxy) is 1. The maximum Gasteiger partial charge on any atom is 0.254 e. The minimum atomic E-state index is 0.00492. The first-order valence-corrected chi connectivity index (χ1v) is 8.89. The standard InChI is InChI=1S/C19H28N2O3/c1-15(2)20-9-10-24-14-19(12-20)7-4-8-21(13-19)18(23)16-5-3-6-17(22)11-16/h3,5-6,11,15,22H,4,7-10,12-14H2,1-2H3/t19-/m0/s1. The first-order valence-electron chi connectivity index (χ1n) is 8.89. The largest absolute Gasteiger partial charge is 0.508 e. The van der Waals surface area contributed by atoms with Gasteiger partial charge in [-0.1, -0.05) is 6.07 Å². The summed E-state index contributed by atoms with van der Waals surface area (Å²) >= 11 is 0. The van der Waals surface area contributed by atoms with E-state index in [9.17, 15) is 9.90 Å². The zero-order valence-electron chi connectivity index (χ0n) is 14.7. The second kappa shape index (κ2) is 7.11. The number of aromatic hydroxyl groups is 1. The summed E-state index contributed by atoms with van der Waals surface area (Å²) in [5, 5.41) is 9.64. The lowest BCUT2D eigenvalue weighted by Crippen LogP contribution is -2.53. The van der Waals surface area contributed by atoms with Gasteiger partial charge < -0.3 is 14.7 Å². The Labute approximate surface area is 144 Å². The van der Waals surface area contributed by atoms with Crippen LogP contribution < -0.4 is 0 Å². The van der Waals surface area contributed by atoms with Gasteiger partial charge in [0, 0.05) is 43.2 Å². The molecule has 0 bridgehead atoms. The number of phenolic OH excluding ortho intramolecular Hbond substituents is 1. The number of piperidine rings is 1. The van der Waals surface area contributed by atoms with E-state index in [1.807, 2.05) is 4.90 Å². The monoisotopic (exact) mass is 332 g/mol. The van der Waals surface area contributed by atoms with Crippen LogP contribution in [0.3, 0.4) is 0 Å². The normalized spacial score (nSPS) is 25.9. The molecule has 1 N–H and O–H groups in total. The number of benzene rings is 1. The third kappa shape index (κ3) is 3.73. The van der Waals surface area contributed by atoms with Gasteiger partial charge in [-0.3, -0.25) is 9.69 Å². The van der Waals surface area contributed by atoms with E-state index in [1.165, 1.54) is 0 Å². The minimum Gasteiger partial charge on any atom is -0.508 e. The van der Waals surface area contributed by atoms with Crippen molar-refractivity contribution in [3.63, 3.8) is 0 Å². The zero-order chi connectivity index (χ0) is 17.2. The summed E-state index contributed by atoms with van der Waals surface area (Å²) in [4.78, 5) is 17.2. The molecular weight excluding hydrogens is 304 g/mol. The van der Waals surface area contributed by atoms with Gasteiger partial charge in [0.25, 0.3) is 5.91 Å². The van der Waals surface area contributed by atoms with Gasteiger partial charge in [-0.15, -0.1) is 0 Å². The number of carbonyl (C=O) groups is 1. The number of phenols is 1. The number of amides is 1. The van der Waals surface area contributed by atoms with Crippen LogP contribution in [0.2, 0.25) is 0 Å². The first kappa shape index (κ1) is 17.2. The summed E-state index contributed by atoms with van der Waals surface area (Å²) in [6, 6.07) is 7.12. The lowest BCUT2D eigenvalue weighted by Gasteiger charge is -2.44. The molecule has 0 radical (unpaired) electrons. The van der Waals surface area contributed by atoms with Gasteiger partial charge in [0.1, 0.15) is 5.75 Å². The zero-order valence-corrected chi connectivity index (χ0v) is 14.7. The van der Waals surface area contributed by atoms with Crippen LogP contribution in [0.25, 0.3) is 0 Å². The Bertz CT molecular complexity index is 590. The van der Waals surface area contributed by atoms with Gasteiger partial charge >= 0.3 is 0 Å². The lowest BCUT2D eigenvalue weighted by molar-refractivity contribution is 0.00571. The number of likely N-dealkylation sites (tertiary alicyclic amines) is 1. The van der Waals surface area contributed by atoms with Crippen LogP contribution in [0.5, 0.6) is 5.75 Å². The van der Waals surface area contributed by atoms with E-state index in [2.05, 4.69) is 18.7 Å². The molecule has 1 aromatic carbocycles.